The first kappa shape index (κ1) is 17.9. The van der Waals surface area contributed by atoms with Crippen LogP contribution < -0.4 is 15.4 Å². The highest BCUT2D eigenvalue weighted by atomic mass is 32.1. The largest absolute Gasteiger partial charge is 0.497 e. The smallest absolute Gasteiger partial charge is 0.229 e. The van der Waals surface area contributed by atoms with Crippen molar-refractivity contribution in [2.45, 2.75) is 19.8 Å². The summed E-state index contributed by atoms with van der Waals surface area (Å²) in [6.07, 6.45) is 0.638. The summed E-state index contributed by atoms with van der Waals surface area (Å²) in [5.41, 5.74) is 1.08. The predicted octanol–water partition coefficient (Wildman–Crippen LogP) is 4.44. The molecule has 2 amide bonds. The number of hydrogen-bond acceptors (Lipinski definition) is 4. The molecular weight excluding hydrogens is 348 g/mol. The molecule has 6 heteroatoms. The molecule has 0 atom stereocenters. The number of ether oxygens (including phenoxy) is 1. The molecule has 0 aliphatic carbocycles. The monoisotopic (exact) mass is 368 g/mol. The minimum absolute atomic E-state index is 0.116. The van der Waals surface area contributed by atoms with Crippen LogP contribution in [0.3, 0.4) is 0 Å². The minimum atomic E-state index is -0.142. The van der Waals surface area contributed by atoms with Crippen molar-refractivity contribution >= 4 is 44.6 Å². The van der Waals surface area contributed by atoms with Crippen LogP contribution in [0.4, 0.5) is 11.4 Å². The van der Waals surface area contributed by atoms with Crippen molar-refractivity contribution in [3.63, 3.8) is 0 Å². The van der Waals surface area contributed by atoms with Gasteiger partial charge in [0.1, 0.15) is 5.75 Å². The van der Waals surface area contributed by atoms with Gasteiger partial charge in [-0.05, 0) is 29.7 Å². The molecule has 0 radical (unpaired) electrons. The number of fused-ring (bicyclic) bond motifs is 1. The second-order valence-corrected chi connectivity index (χ2v) is 6.96. The molecule has 0 unspecified atom stereocenters. The molecule has 3 rings (SSSR count). The fraction of sp³-hybridized carbons (Fsp3) is 0.200. The molecular formula is C20H20N2O3S. The fourth-order valence-corrected chi connectivity index (χ4v) is 3.64. The summed E-state index contributed by atoms with van der Waals surface area (Å²) >= 11 is 1.61. The van der Waals surface area contributed by atoms with E-state index in [0.717, 1.165) is 15.0 Å². The number of benzene rings is 2. The topological polar surface area (TPSA) is 67.4 Å². The number of nitrogens with one attached hydrogen (secondary N) is 2. The fourth-order valence-electron chi connectivity index (χ4n) is 2.58. The summed E-state index contributed by atoms with van der Waals surface area (Å²) in [6, 6.07) is 15.3. The molecule has 26 heavy (non-hydrogen) atoms. The Morgan fingerprint density at radius 3 is 2.50 bits per heavy atom. The highest BCUT2D eigenvalue weighted by Crippen LogP contribution is 2.29. The number of carbonyl (C=O) groups excluding carboxylic acids is 2. The summed E-state index contributed by atoms with van der Waals surface area (Å²) < 4.78 is 6.38. The van der Waals surface area contributed by atoms with E-state index in [2.05, 4.69) is 10.6 Å². The Bertz CT molecular complexity index is 916. The van der Waals surface area contributed by atoms with Gasteiger partial charge >= 0.3 is 0 Å². The summed E-state index contributed by atoms with van der Waals surface area (Å²) in [7, 11) is 1.56. The van der Waals surface area contributed by atoms with Gasteiger partial charge in [0.15, 0.2) is 0 Å². The lowest BCUT2D eigenvalue weighted by atomic mass is 10.2. The lowest BCUT2D eigenvalue weighted by Gasteiger charge is -2.13. The van der Waals surface area contributed by atoms with Crippen LogP contribution >= 0.6 is 11.3 Å². The number of amides is 2. The van der Waals surface area contributed by atoms with Crippen molar-refractivity contribution in [3.8, 4) is 5.75 Å². The van der Waals surface area contributed by atoms with Gasteiger partial charge in [-0.1, -0.05) is 25.1 Å². The molecule has 0 bridgehead atoms. The molecule has 5 nitrogen and oxygen atoms in total. The molecule has 0 saturated carbocycles. The van der Waals surface area contributed by atoms with E-state index in [1.807, 2.05) is 30.3 Å². The van der Waals surface area contributed by atoms with E-state index in [-0.39, 0.29) is 18.2 Å². The highest BCUT2D eigenvalue weighted by Gasteiger charge is 2.12. The summed E-state index contributed by atoms with van der Waals surface area (Å²) in [4.78, 5) is 25.2. The molecule has 1 aromatic heterocycles. The molecule has 0 fully saturated rings. The van der Waals surface area contributed by atoms with Gasteiger partial charge in [-0.25, -0.2) is 0 Å². The van der Waals surface area contributed by atoms with Gasteiger partial charge in [0, 0.05) is 22.1 Å². The molecule has 0 aliphatic heterocycles. The molecule has 0 spiro atoms. The van der Waals surface area contributed by atoms with Crippen molar-refractivity contribution in [1.29, 1.82) is 0 Å². The third-order valence-corrected chi connectivity index (χ3v) is 5.02. The van der Waals surface area contributed by atoms with Gasteiger partial charge in [0.2, 0.25) is 11.8 Å². The Kier molecular flexibility index (Phi) is 5.53. The van der Waals surface area contributed by atoms with Crippen molar-refractivity contribution in [2.24, 2.45) is 0 Å². The average molecular weight is 368 g/mol. The third kappa shape index (κ3) is 4.21. The van der Waals surface area contributed by atoms with Gasteiger partial charge in [0.25, 0.3) is 0 Å². The number of thiophene rings is 1. The van der Waals surface area contributed by atoms with Gasteiger partial charge in [-0.2, -0.15) is 0 Å². The molecule has 134 valence electrons. The van der Waals surface area contributed by atoms with Crippen LogP contribution in [0.1, 0.15) is 18.2 Å². The Morgan fingerprint density at radius 2 is 1.77 bits per heavy atom. The van der Waals surface area contributed by atoms with E-state index in [1.54, 1.807) is 43.6 Å². The molecule has 3 aromatic rings. The third-order valence-electron chi connectivity index (χ3n) is 3.91. The zero-order valence-corrected chi connectivity index (χ0v) is 15.5. The first-order chi connectivity index (χ1) is 12.6. The normalized spacial score (nSPS) is 10.5. The Hall–Kier alpha value is -2.86. The number of hydrogen-bond donors (Lipinski definition) is 2. The van der Waals surface area contributed by atoms with E-state index in [0.29, 0.717) is 23.5 Å². The lowest BCUT2D eigenvalue weighted by molar-refractivity contribution is -0.116. The van der Waals surface area contributed by atoms with Crippen molar-refractivity contribution in [2.75, 3.05) is 17.7 Å². The summed E-state index contributed by atoms with van der Waals surface area (Å²) in [5, 5.41) is 6.81. The van der Waals surface area contributed by atoms with E-state index in [9.17, 15) is 9.59 Å². The van der Waals surface area contributed by atoms with Gasteiger partial charge in [0.05, 0.1) is 24.9 Å². The van der Waals surface area contributed by atoms with E-state index in [1.165, 1.54) is 0 Å². The number of anilines is 2. The molecule has 1 heterocycles. The number of methoxy groups -OCH3 is 1. The molecule has 0 aliphatic rings. The van der Waals surface area contributed by atoms with Crippen LogP contribution in [0.25, 0.3) is 10.1 Å². The van der Waals surface area contributed by atoms with Gasteiger partial charge in [-0.3, -0.25) is 9.59 Å². The van der Waals surface area contributed by atoms with Crippen LogP contribution in [0.5, 0.6) is 5.75 Å². The first-order valence-corrected chi connectivity index (χ1v) is 9.16. The first-order valence-electron chi connectivity index (χ1n) is 8.34. The lowest BCUT2D eigenvalue weighted by Crippen LogP contribution is -2.17. The van der Waals surface area contributed by atoms with Crippen LogP contribution in [0, 0.1) is 0 Å². The van der Waals surface area contributed by atoms with E-state index < -0.39 is 0 Å². The van der Waals surface area contributed by atoms with E-state index in [4.69, 9.17) is 4.74 Å². The van der Waals surface area contributed by atoms with Crippen LogP contribution in [-0.4, -0.2) is 18.9 Å². The predicted molar refractivity (Wildman–Crippen MR) is 106 cm³/mol. The Labute approximate surface area is 156 Å². The maximum atomic E-state index is 12.5. The van der Waals surface area contributed by atoms with Crippen LogP contribution in [0.15, 0.2) is 48.5 Å². The SMILES string of the molecule is CCC(=O)Nc1ccc(OC)cc1NC(=O)Cc1cc2ccccc2s1. The zero-order chi connectivity index (χ0) is 18.5. The Balaban J connectivity index is 1.77. The maximum absolute atomic E-state index is 12.5. The van der Waals surface area contributed by atoms with E-state index >= 15 is 0 Å². The zero-order valence-electron chi connectivity index (χ0n) is 14.7. The molecule has 0 saturated heterocycles. The number of rotatable bonds is 6. The summed E-state index contributed by atoms with van der Waals surface area (Å²) in [6.45, 7) is 1.78. The number of carbonyl (C=O) groups is 2. The van der Waals surface area contributed by atoms with Crippen LogP contribution in [0.2, 0.25) is 0 Å². The highest BCUT2D eigenvalue weighted by molar-refractivity contribution is 7.19. The molecule has 2 N–H and O–H groups in total. The quantitative estimate of drug-likeness (QED) is 0.676. The van der Waals surface area contributed by atoms with Crippen molar-refractivity contribution < 1.29 is 14.3 Å². The minimum Gasteiger partial charge on any atom is -0.497 e. The molecule has 2 aromatic carbocycles. The van der Waals surface area contributed by atoms with Gasteiger partial charge < -0.3 is 15.4 Å². The average Bonchev–Trinajstić information content (AvgIpc) is 3.04. The van der Waals surface area contributed by atoms with Crippen LogP contribution in [-0.2, 0) is 16.0 Å². The standard InChI is InChI=1S/C20H20N2O3S/c1-3-19(23)21-16-9-8-14(25-2)11-17(16)22-20(24)12-15-10-13-6-4-5-7-18(13)26-15/h4-11H,3,12H2,1-2H3,(H,21,23)(H,22,24). The summed E-state index contributed by atoms with van der Waals surface area (Å²) in [5.74, 6) is 0.351. The Morgan fingerprint density at radius 1 is 1.00 bits per heavy atom. The van der Waals surface area contributed by atoms with Crippen molar-refractivity contribution in [1.82, 2.24) is 0 Å². The van der Waals surface area contributed by atoms with Crippen molar-refractivity contribution in [3.05, 3.63) is 53.4 Å². The maximum Gasteiger partial charge on any atom is 0.229 e. The second-order valence-electron chi connectivity index (χ2n) is 5.79. The second kappa shape index (κ2) is 8.01. The van der Waals surface area contributed by atoms with Gasteiger partial charge in [-0.15, -0.1) is 11.3 Å².